The predicted octanol–water partition coefficient (Wildman–Crippen LogP) is 2.00. The fraction of sp³-hybridized carbons (Fsp3) is 0.556. The van der Waals surface area contributed by atoms with Crippen molar-refractivity contribution in [2.24, 2.45) is 10.9 Å². The molecule has 6 heteroatoms. The van der Waals surface area contributed by atoms with E-state index in [-0.39, 0.29) is 17.6 Å². The van der Waals surface area contributed by atoms with Crippen molar-refractivity contribution in [3.63, 3.8) is 0 Å². The van der Waals surface area contributed by atoms with Crippen LogP contribution in [0.5, 0.6) is 0 Å². The van der Waals surface area contributed by atoms with Crippen molar-refractivity contribution in [1.29, 1.82) is 0 Å². The second-order valence-corrected chi connectivity index (χ2v) is 5.95. The van der Waals surface area contributed by atoms with Crippen molar-refractivity contribution in [3.05, 3.63) is 35.1 Å². The lowest BCUT2D eigenvalue weighted by Gasteiger charge is -2.13. The summed E-state index contributed by atoms with van der Waals surface area (Å²) in [4.78, 5) is 16.0. The van der Waals surface area contributed by atoms with E-state index < -0.39 is 0 Å². The van der Waals surface area contributed by atoms with Crippen LogP contribution in [0.3, 0.4) is 0 Å². The molecule has 0 bridgehead atoms. The van der Waals surface area contributed by atoms with E-state index in [1.165, 1.54) is 6.07 Å². The number of carbonyl (C=O) groups excluding carboxylic acids is 1. The zero-order valence-corrected chi connectivity index (χ0v) is 15.1. The minimum absolute atomic E-state index is 0.00847. The lowest BCUT2D eigenvalue weighted by molar-refractivity contribution is -0.123. The highest BCUT2D eigenvalue weighted by molar-refractivity contribution is 5.80. The highest BCUT2D eigenvalue weighted by Crippen LogP contribution is 2.10. The Labute approximate surface area is 144 Å². The van der Waals surface area contributed by atoms with Gasteiger partial charge >= 0.3 is 0 Å². The Morgan fingerprint density at radius 2 is 1.92 bits per heavy atom. The molecule has 0 fully saturated rings. The van der Waals surface area contributed by atoms with Crippen molar-refractivity contribution < 1.29 is 9.18 Å². The summed E-state index contributed by atoms with van der Waals surface area (Å²) < 4.78 is 13.1. The summed E-state index contributed by atoms with van der Waals surface area (Å²) in [6, 6.07) is 4.83. The third-order valence-corrected chi connectivity index (χ3v) is 3.54. The maximum Gasteiger partial charge on any atom is 0.222 e. The Bertz CT molecular complexity index is 558. The Balaban J connectivity index is 2.43. The van der Waals surface area contributed by atoms with E-state index in [1.54, 1.807) is 6.07 Å². The van der Waals surface area contributed by atoms with Crippen molar-refractivity contribution >= 4 is 11.9 Å². The number of nitrogens with zero attached hydrogens (tertiary/aromatic N) is 1. The van der Waals surface area contributed by atoms with Gasteiger partial charge in [0.1, 0.15) is 5.82 Å². The summed E-state index contributed by atoms with van der Waals surface area (Å²) in [5.74, 6) is 0.547. The minimum Gasteiger partial charge on any atom is -0.357 e. The van der Waals surface area contributed by atoms with Crippen LogP contribution in [0.1, 0.15) is 31.9 Å². The SMILES string of the molecule is CCNC(=NCCc1ccc(F)cc1C)NCCNC(=O)C(C)C. The molecule has 24 heavy (non-hydrogen) atoms. The van der Waals surface area contributed by atoms with Crippen LogP contribution in [0, 0.1) is 18.7 Å². The van der Waals surface area contributed by atoms with Crippen LogP contribution in [0.15, 0.2) is 23.2 Å². The molecular formula is C18H29FN4O. The Morgan fingerprint density at radius 3 is 2.54 bits per heavy atom. The Morgan fingerprint density at radius 1 is 1.21 bits per heavy atom. The molecule has 0 aliphatic carbocycles. The van der Waals surface area contributed by atoms with Crippen LogP contribution >= 0.6 is 0 Å². The van der Waals surface area contributed by atoms with Crippen molar-refractivity contribution in [2.45, 2.75) is 34.1 Å². The van der Waals surface area contributed by atoms with Crippen LogP contribution < -0.4 is 16.0 Å². The number of rotatable bonds is 8. The first-order valence-electron chi connectivity index (χ1n) is 8.49. The largest absolute Gasteiger partial charge is 0.357 e. The zero-order valence-electron chi connectivity index (χ0n) is 15.1. The number of halogens is 1. The summed E-state index contributed by atoms with van der Waals surface area (Å²) in [5.41, 5.74) is 2.04. The molecule has 3 N–H and O–H groups in total. The molecule has 5 nitrogen and oxygen atoms in total. The number of hydrogen-bond donors (Lipinski definition) is 3. The molecule has 0 radical (unpaired) electrons. The molecule has 1 rings (SSSR count). The van der Waals surface area contributed by atoms with Gasteiger partial charge in [-0.15, -0.1) is 0 Å². The number of carbonyl (C=O) groups is 1. The van der Waals surface area contributed by atoms with Crippen LogP contribution in [0.4, 0.5) is 4.39 Å². The number of aryl methyl sites for hydroxylation is 1. The van der Waals surface area contributed by atoms with E-state index in [2.05, 4.69) is 20.9 Å². The lowest BCUT2D eigenvalue weighted by Crippen LogP contribution is -2.42. The number of aliphatic imine (C=N–C) groups is 1. The molecule has 0 atom stereocenters. The van der Waals surface area contributed by atoms with Gasteiger partial charge in [0.05, 0.1) is 0 Å². The Hall–Kier alpha value is -2.11. The molecule has 0 saturated heterocycles. The van der Waals surface area contributed by atoms with E-state index in [0.29, 0.717) is 19.6 Å². The van der Waals surface area contributed by atoms with Gasteiger partial charge in [-0.3, -0.25) is 9.79 Å². The quantitative estimate of drug-likeness (QED) is 0.386. The molecule has 0 aliphatic heterocycles. The fourth-order valence-corrected chi connectivity index (χ4v) is 2.14. The molecule has 1 aromatic carbocycles. The van der Waals surface area contributed by atoms with E-state index in [4.69, 9.17) is 0 Å². The molecule has 0 spiro atoms. The topological polar surface area (TPSA) is 65.5 Å². The van der Waals surface area contributed by atoms with Gasteiger partial charge in [0.2, 0.25) is 5.91 Å². The minimum atomic E-state index is -0.210. The van der Waals surface area contributed by atoms with E-state index >= 15 is 0 Å². The molecule has 1 aromatic rings. The highest BCUT2D eigenvalue weighted by atomic mass is 19.1. The Kier molecular flexibility index (Phi) is 8.83. The average molecular weight is 336 g/mol. The van der Waals surface area contributed by atoms with Crippen LogP contribution in [-0.4, -0.2) is 38.0 Å². The summed E-state index contributed by atoms with van der Waals surface area (Å²) >= 11 is 0. The molecule has 0 aromatic heterocycles. The molecule has 0 unspecified atom stereocenters. The van der Waals surface area contributed by atoms with Crippen LogP contribution in [0.25, 0.3) is 0 Å². The summed E-state index contributed by atoms with van der Waals surface area (Å²) in [7, 11) is 0. The van der Waals surface area contributed by atoms with Crippen molar-refractivity contribution in [3.8, 4) is 0 Å². The second-order valence-electron chi connectivity index (χ2n) is 5.95. The zero-order chi connectivity index (χ0) is 17.9. The van der Waals surface area contributed by atoms with Crippen LogP contribution in [-0.2, 0) is 11.2 Å². The fourth-order valence-electron chi connectivity index (χ4n) is 2.14. The maximum absolute atomic E-state index is 13.1. The maximum atomic E-state index is 13.1. The van der Waals surface area contributed by atoms with Gasteiger partial charge < -0.3 is 16.0 Å². The van der Waals surface area contributed by atoms with Gasteiger partial charge in [-0.1, -0.05) is 19.9 Å². The van der Waals surface area contributed by atoms with E-state index in [9.17, 15) is 9.18 Å². The van der Waals surface area contributed by atoms with Gasteiger partial charge in [0, 0.05) is 32.1 Å². The lowest BCUT2D eigenvalue weighted by atomic mass is 10.1. The predicted molar refractivity (Wildman–Crippen MR) is 96.7 cm³/mol. The molecular weight excluding hydrogens is 307 g/mol. The van der Waals surface area contributed by atoms with Crippen molar-refractivity contribution in [2.75, 3.05) is 26.2 Å². The normalized spacial score (nSPS) is 11.5. The van der Waals surface area contributed by atoms with E-state index in [0.717, 1.165) is 30.1 Å². The number of amides is 1. The van der Waals surface area contributed by atoms with Gasteiger partial charge in [-0.2, -0.15) is 0 Å². The smallest absolute Gasteiger partial charge is 0.222 e. The monoisotopic (exact) mass is 336 g/mol. The van der Waals surface area contributed by atoms with Gasteiger partial charge in [0.15, 0.2) is 5.96 Å². The van der Waals surface area contributed by atoms with Gasteiger partial charge in [0.25, 0.3) is 0 Å². The number of benzene rings is 1. The summed E-state index contributed by atoms with van der Waals surface area (Å²) in [5, 5.41) is 9.21. The molecule has 134 valence electrons. The third-order valence-electron chi connectivity index (χ3n) is 3.54. The molecule has 0 heterocycles. The second kappa shape index (κ2) is 10.6. The summed E-state index contributed by atoms with van der Waals surface area (Å²) in [6.45, 7) is 10.2. The molecule has 0 saturated carbocycles. The number of nitrogens with one attached hydrogen (secondary N) is 3. The summed E-state index contributed by atoms with van der Waals surface area (Å²) in [6.07, 6.45) is 0.757. The number of guanidine groups is 1. The first-order chi connectivity index (χ1) is 11.4. The molecule has 1 amide bonds. The first kappa shape index (κ1) is 19.9. The van der Waals surface area contributed by atoms with Crippen molar-refractivity contribution in [1.82, 2.24) is 16.0 Å². The van der Waals surface area contributed by atoms with Gasteiger partial charge in [-0.05, 0) is 43.5 Å². The number of hydrogen-bond acceptors (Lipinski definition) is 2. The molecule has 0 aliphatic rings. The third kappa shape index (κ3) is 7.44. The first-order valence-corrected chi connectivity index (χ1v) is 8.49. The average Bonchev–Trinajstić information content (AvgIpc) is 2.53. The van der Waals surface area contributed by atoms with Crippen LogP contribution in [0.2, 0.25) is 0 Å². The van der Waals surface area contributed by atoms with E-state index in [1.807, 2.05) is 33.8 Å². The standard InChI is InChI=1S/C18H29FN4O/c1-5-20-18(23-11-10-21-17(24)13(2)3)22-9-8-15-6-7-16(19)12-14(15)4/h6-7,12-13H,5,8-11H2,1-4H3,(H,21,24)(H2,20,22,23). The highest BCUT2D eigenvalue weighted by Gasteiger charge is 2.05. The van der Waals surface area contributed by atoms with Gasteiger partial charge in [-0.25, -0.2) is 4.39 Å².